The van der Waals surface area contributed by atoms with Crippen LogP contribution in [0.2, 0.25) is 0 Å². The molecule has 1 aromatic carbocycles. The second kappa shape index (κ2) is 6.39. The number of nitrogen functional groups attached to an aromatic ring is 1. The van der Waals surface area contributed by atoms with Crippen molar-refractivity contribution in [2.45, 2.75) is 6.92 Å². The van der Waals surface area contributed by atoms with Gasteiger partial charge >= 0.3 is 0 Å². The summed E-state index contributed by atoms with van der Waals surface area (Å²) in [5.74, 6) is -0.418. The van der Waals surface area contributed by atoms with Crippen LogP contribution in [0.3, 0.4) is 0 Å². The molecule has 1 aromatic rings. The number of halogens is 1. The predicted molar refractivity (Wildman–Crippen MR) is 74.2 cm³/mol. The molecular weight excluding hydrogens is 298 g/mol. The van der Waals surface area contributed by atoms with E-state index in [-0.39, 0.29) is 18.4 Å². The van der Waals surface area contributed by atoms with Crippen LogP contribution in [0, 0.1) is 0 Å². The van der Waals surface area contributed by atoms with E-state index in [1.54, 1.807) is 25.2 Å². The van der Waals surface area contributed by atoms with E-state index in [1.165, 1.54) is 4.90 Å². The van der Waals surface area contributed by atoms with E-state index < -0.39 is 0 Å². The molecule has 0 bridgehead atoms. The Balaban J connectivity index is 2.74. The molecule has 5 nitrogen and oxygen atoms in total. The molecule has 0 aliphatic carbocycles. The summed E-state index contributed by atoms with van der Waals surface area (Å²) in [6.45, 7) is 2.41. The molecule has 18 heavy (non-hydrogen) atoms. The van der Waals surface area contributed by atoms with Crippen LogP contribution in [0.4, 0.5) is 5.69 Å². The van der Waals surface area contributed by atoms with Crippen molar-refractivity contribution in [3.63, 3.8) is 0 Å². The van der Waals surface area contributed by atoms with E-state index in [9.17, 15) is 9.59 Å². The van der Waals surface area contributed by atoms with Crippen LogP contribution in [0.25, 0.3) is 0 Å². The largest absolute Gasteiger partial charge is 0.398 e. The molecule has 0 unspecified atom stereocenters. The molecule has 2 amide bonds. The zero-order valence-corrected chi connectivity index (χ0v) is 12.0. The molecule has 6 heteroatoms. The number of carbonyl (C=O) groups excluding carboxylic acids is 2. The van der Waals surface area contributed by atoms with E-state index in [2.05, 4.69) is 21.2 Å². The van der Waals surface area contributed by atoms with Gasteiger partial charge in [-0.15, -0.1) is 0 Å². The highest BCUT2D eigenvalue weighted by Crippen LogP contribution is 2.20. The van der Waals surface area contributed by atoms with Gasteiger partial charge in [0.2, 0.25) is 5.91 Å². The summed E-state index contributed by atoms with van der Waals surface area (Å²) in [5.41, 5.74) is 6.66. The van der Waals surface area contributed by atoms with E-state index in [1.807, 2.05) is 6.92 Å². The number of hydrogen-bond acceptors (Lipinski definition) is 3. The van der Waals surface area contributed by atoms with Crippen LogP contribution in [-0.2, 0) is 4.79 Å². The quantitative estimate of drug-likeness (QED) is 0.821. The number of likely N-dealkylation sites (N-methyl/N-ethyl adjacent to an activating group) is 2. The second-order valence-electron chi connectivity index (χ2n) is 3.85. The SMILES string of the molecule is CCNC(=O)CN(C)C(=O)c1ccc(Br)c(N)c1. The molecule has 98 valence electrons. The Kier molecular flexibility index (Phi) is 5.15. The maximum atomic E-state index is 12.0. The number of nitrogens with one attached hydrogen (secondary N) is 1. The maximum absolute atomic E-state index is 12.0. The summed E-state index contributed by atoms with van der Waals surface area (Å²) < 4.78 is 0.741. The van der Waals surface area contributed by atoms with Gasteiger partial charge in [-0.05, 0) is 41.1 Å². The Bertz CT molecular complexity index is 463. The molecule has 0 radical (unpaired) electrons. The molecule has 0 aliphatic rings. The van der Waals surface area contributed by atoms with Gasteiger partial charge in [0, 0.05) is 29.3 Å². The van der Waals surface area contributed by atoms with E-state index in [0.717, 1.165) is 4.47 Å². The highest BCUT2D eigenvalue weighted by molar-refractivity contribution is 9.10. The van der Waals surface area contributed by atoms with Gasteiger partial charge in [-0.2, -0.15) is 0 Å². The zero-order chi connectivity index (χ0) is 13.7. The second-order valence-corrected chi connectivity index (χ2v) is 4.71. The number of rotatable bonds is 4. The van der Waals surface area contributed by atoms with E-state index in [0.29, 0.717) is 17.8 Å². The number of anilines is 1. The minimum atomic E-state index is -0.236. The van der Waals surface area contributed by atoms with Gasteiger partial charge in [0.25, 0.3) is 5.91 Å². The maximum Gasteiger partial charge on any atom is 0.254 e. The normalized spacial score (nSPS) is 9.94. The molecule has 3 N–H and O–H groups in total. The fourth-order valence-corrected chi connectivity index (χ4v) is 1.68. The molecule has 0 atom stereocenters. The number of nitrogens with zero attached hydrogens (tertiary/aromatic N) is 1. The molecule has 1 rings (SSSR count). The fourth-order valence-electron chi connectivity index (χ4n) is 1.44. The summed E-state index contributed by atoms with van der Waals surface area (Å²) in [4.78, 5) is 24.8. The van der Waals surface area contributed by atoms with Crippen molar-refractivity contribution in [2.75, 3.05) is 25.9 Å². The van der Waals surface area contributed by atoms with Crippen molar-refractivity contribution in [3.05, 3.63) is 28.2 Å². The van der Waals surface area contributed by atoms with Crippen molar-refractivity contribution in [1.29, 1.82) is 0 Å². The average molecular weight is 314 g/mol. The van der Waals surface area contributed by atoms with E-state index in [4.69, 9.17) is 5.73 Å². The first kappa shape index (κ1) is 14.5. The van der Waals surface area contributed by atoms with E-state index >= 15 is 0 Å². The summed E-state index contributed by atoms with van der Waals surface area (Å²) in [6, 6.07) is 4.96. The Morgan fingerprint density at radius 3 is 2.67 bits per heavy atom. The first-order valence-electron chi connectivity index (χ1n) is 5.53. The van der Waals surface area contributed by atoms with Gasteiger partial charge in [0.05, 0.1) is 6.54 Å². The van der Waals surface area contributed by atoms with Crippen LogP contribution in [0.1, 0.15) is 17.3 Å². The summed E-state index contributed by atoms with van der Waals surface area (Å²) in [6.07, 6.45) is 0. The third kappa shape index (κ3) is 3.73. The lowest BCUT2D eigenvalue weighted by Gasteiger charge is -2.17. The van der Waals surface area contributed by atoms with Crippen LogP contribution in [0.15, 0.2) is 22.7 Å². The van der Waals surface area contributed by atoms with Crippen LogP contribution >= 0.6 is 15.9 Å². The van der Waals surface area contributed by atoms with Crippen molar-refractivity contribution >= 4 is 33.4 Å². The van der Waals surface area contributed by atoms with Crippen molar-refractivity contribution in [2.24, 2.45) is 0 Å². The third-order valence-corrected chi connectivity index (χ3v) is 3.07. The molecule has 0 heterocycles. The number of amides is 2. The lowest BCUT2D eigenvalue weighted by atomic mass is 10.2. The number of nitrogens with two attached hydrogens (primary N) is 1. The Hall–Kier alpha value is -1.56. The smallest absolute Gasteiger partial charge is 0.254 e. The molecule has 0 saturated carbocycles. The number of carbonyl (C=O) groups is 2. The van der Waals surface area contributed by atoms with Crippen molar-refractivity contribution < 1.29 is 9.59 Å². The molecule has 0 spiro atoms. The molecule has 0 aliphatic heterocycles. The summed E-state index contributed by atoms with van der Waals surface area (Å²) in [7, 11) is 1.58. The van der Waals surface area contributed by atoms with Gasteiger partial charge in [-0.3, -0.25) is 9.59 Å². The standard InChI is InChI=1S/C12H16BrN3O2/c1-3-15-11(17)7-16(2)12(18)8-4-5-9(13)10(14)6-8/h4-6H,3,7,14H2,1-2H3,(H,15,17). The van der Waals surface area contributed by atoms with Crippen molar-refractivity contribution in [3.8, 4) is 0 Å². The monoisotopic (exact) mass is 313 g/mol. The zero-order valence-electron chi connectivity index (χ0n) is 10.4. The van der Waals surface area contributed by atoms with Gasteiger partial charge in [0.1, 0.15) is 0 Å². The molecular formula is C12H16BrN3O2. The van der Waals surface area contributed by atoms with Gasteiger partial charge < -0.3 is 16.0 Å². The Labute approximate surface area is 114 Å². The highest BCUT2D eigenvalue weighted by Gasteiger charge is 2.15. The number of benzene rings is 1. The summed E-state index contributed by atoms with van der Waals surface area (Å²) in [5, 5.41) is 2.64. The first-order valence-corrected chi connectivity index (χ1v) is 6.32. The van der Waals surface area contributed by atoms with Crippen LogP contribution in [-0.4, -0.2) is 36.9 Å². The van der Waals surface area contributed by atoms with Gasteiger partial charge in [-0.1, -0.05) is 0 Å². The summed E-state index contributed by atoms with van der Waals surface area (Å²) >= 11 is 3.26. The Morgan fingerprint density at radius 2 is 2.11 bits per heavy atom. The molecule has 0 saturated heterocycles. The van der Waals surface area contributed by atoms with Gasteiger partial charge in [0.15, 0.2) is 0 Å². The molecule has 0 fully saturated rings. The highest BCUT2D eigenvalue weighted by atomic mass is 79.9. The lowest BCUT2D eigenvalue weighted by molar-refractivity contribution is -0.121. The minimum absolute atomic E-state index is 0.0304. The van der Waals surface area contributed by atoms with Crippen molar-refractivity contribution in [1.82, 2.24) is 10.2 Å². The fraction of sp³-hybridized carbons (Fsp3) is 0.333. The molecule has 0 aromatic heterocycles. The van der Waals surface area contributed by atoms with Gasteiger partial charge in [-0.25, -0.2) is 0 Å². The average Bonchev–Trinajstić information content (AvgIpc) is 2.32. The Morgan fingerprint density at radius 1 is 1.44 bits per heavy atom. The number of hydrogen-bond donors (Lipinski definition) is 2. The first-order chi connectivity index (χ1) is 8.45. The van der Waals surface area contributed by atoms with Crippen LogP contribution in [0.5, 0.6) is 0 Å². The topological polar surface area (TPSA) is 75.4 Å². The van der Waals surface area contributed by atoms with Crippen LogP contribution < -0.4 is 11.1 Å². The lowest BCUT2D eigenvalue weighted by Crippen LogP contribution is -2.38. The predicted octanol–water partition coefficient (Wildman–Crippen LogP) is 1.24. The third-order valence-electron chi connectivity index (χ3n) is 2.34. The minimum Gasteiger partial charge on any atom is -0.398 e.